The van der Waals surface area contributed by atoms with Crippen molar-refractivity contribution in [2.24, 2.45) is 11.8 Å². The second-order valence-corrected chi connectivity index (χ2v) is 2.76. The summed E-state index contributed by atoms with van der Waals surface area (Å²) in [6.07, 6.45) is 0.793. The highest BCUT2D eigenvalue weighted by atomic mass is 19.3. The van der Waals surface area contributed by atoms with E-state index in [9.17, 15) is 13.6 Å². The first-order chi connectivity index (χ1) is 4.14. The van der Waals surface area contributed by atoms with Gasteiger partial charge in [0.15, 0.2) is 0 Å². The van der Waals surface area contributed by atoms with Crippen molar-refractivity contribution in [1.29, 1.82) is 0 Å². The molecular formula is C6H6F2O. The van der Waals surface area contributed by atoms with E-state index in [1.54, 1.807) is 0 Å². The molecule has 0 heterocycles. The molecule has 0 N–H and O–H groups in total. The highest BCUT2D eigenvalue weighted by Gasteiger charge is 2.73. The SMILES string of the molecule is O=C1CC[C@@H]2[C@@H]1C2(F)F. The topological polar surface area (TPSA) is 17.1 Å². The monoisotopic (exact) mass is 132 g/mol. The lowest BCUT2D eigenvalue weighted by molar-refractivity contribution is -0.121. The van der Waals surface area contributed by atoms with Crippen LogP contribution in [-0.4, -0.2) is 11.7 Å². The standard InChI is InChI=1S/C6H6F2O/c7-6(8)3-1-2-4(9)5(3)6/h3,5H,1-2H2/t3-,5+/m1/s1. The van der Waals surface area contributed by atoms with Gasteiger partial charge in [-0.05, 0) is 6.42 Å². The van der Waals surface area contributed by atoms with Gasteiger partial charge in [0.1, 0.15) is 5.78 Å². The van der Waals surface area contributed by atoms with Crippen LogP contribution < -0.4 is 0 Å². The van der Waals surface area contributed by atoms with Crippen LogP contribution in [0, 0.1) is 11.8 Å². The minimum absolute atomic E-state index is 0.231. The molecule has 0 bridgehead atoms. The molecule has 2 aliphatic carbocycles. The molecule has 2 atom stereocenters. The molecule has 0 radical (unpaired) electrons. The molecule has 0 aromatic carbocycles. The molecule has 2 aliphatic rings. The molecule has 9 heavy (non-hydrogen) atoms. The van der Waals surface area contributed by atoms with Gasteiger partial charge >= 0.3 is 0 Å². The number of carbonyl (C=O) groups excluding carboxylic acids is 1. The first kappa shape index (κ1) is 5.33. The molecule has 2 saturated carbocycles. The number of alkyl halides is 2. The Balaban J connectivity index is 2.23. The molecule has 50 valence electrons. The van der Waals surface area contributed by atoms with Crippen LogP contribution in [-0.2, 0) is 4.79 Å². The summed E-state index contributed by atoms with van der Waals surface area (Å²) in [5.41, 5.74) is 0. The zero-order valence-corrected chi connectivity index (χ0v) is 4.73. The van der Waals surface area contributed by atoms with Gasteiger partial charge in [-0.15, -0.1) is 0 Å². The van der Waals surface area contributed by atoms with E-state index in [1.165, 1.54) is 0 Å². The smallest absolute Gasteiger partial charge is 0.261 e. The molecule has 0 spiro atoms. The van der Waals surface area contributed by atoms with E-state index in [2.05, 4.69) is 0 Å². The zero-order chi connectivity index (χ0) is 6.65. The van der Waals surface area contributed by atoms with Crippen LogP contribution in [0.5, 0.6) is 0 Å². The number of halogens is 2. The fourth-order valence-electron chi connectivity index (χ4n) is 1.64. The minimum atomic E-state index is -2.62. The van der Waals surface area contributed by atoms with Gasteiger partial charge in [0.25, 0.3) is 5.92 Å². The van der Waals surface area contributed by atoms with Gasteiger partial charge in [-0.1, -0.05) is 0 Å². The molecule has 0 aliphatic heterocycles. The van der Waals surface area contributed by atoms with Gasteiger partial charge in [-0.2, -0.15) is 0 Å². The van der Waals surface area contributed by atoms with E-state index in [-0.39, 0.29) is 5.78 Å². The Kier molecular flexibility index (Phi) is 0.695. The molecule has 2 rings (SSSR count). The van der Waals surface area contributed by atoms with E-state index >= 15 is 0 Å². The predicted molar refractivity (Wildman–Crippen MR) is 26.2 cm³/mol. The fraction of sp³-hybridized carbons (Fsp3) is 0.833. The van der Waals surface area contributed by atoms with Crippen LogP contribution >= 0.6 is 0 Å². The van der Waals surface area contributed by atoms with Crippen molar-refractivity contribution < 1.29 is 13.6 Å². The lowest BCUT2D eigenvalue weighted by Gasteiger charge is -1.96. The summed E-state index contributed by atoms with van der Waals surface area (Å²) >= 11 is 0. The summed E-state index contributed by atoms with van der Waals surface area (Å²) in [5.74, 6) is -4.30. The lowest BCUT2D eigenvalue weighted by atomic mass is 10.2. The number of Topliss-reactive ketones (excluding diaryl/α,β-unsaturated/α-hetero) is 1. The van der Waals surface area contributed by atoms with Crippen LogP contribution in [0.3, 0.4) is 0 Å². The van der Waals surface area contributed by atoms with Gasteiger partial charge in [-0.3, -0.25) is 4.79 Å². The third-order valence-corrected chi connectivity index (χ3v) is 2.25. The summed E-state index contributed by atoms with van der Waals surface area (Å²) in [6, 6.07) is 0. The molecule has 0 aromatic rings. The van der Waals surface area contributed by atoms with Gasteiger partial charge in [0.2, 0.25) is 0 Å². The largest absolute Gasteiger partial charge is 0.299 e. The molecule has 0 aromatic heterocycles. The second-order valence-electron chi connectivity index (χ2n) is 2.76. The first-order valence-electron chi connectivity index (χ1n) is 3.04. The first-order valence-corrected chi connectivity index (χ1v) is 3.04. The van der Waals surface area contributed by atoms with Crippen molar-refractivity contribution in [3.63, 3.8) is 0 Å². The number of hydrogen-bond acceptors (Lipinski definition) is 1. The predicted octanol–water partition coefficient (Wildman–Crippen LogP) is 1.23. The Labute approximate surface area is 51.0 Å². The molecular weight excluding hydrogens is 126 g/mol. The van der Waals surface area contributed by atoms with Crippen molar-refractivity contribution in [2.45, 2.75) is 18.8 Å². The lowest BCUT2D eigenvalue weighted by Crippen LogP contribution is -2.07. The number of fused-ring (bicyclic) bond motifs is 1. The Bertz CT molecular complexity index is 176. The number of carbonyl (C=O) groups is 1. The average molecular weight is 132 g/mol. The van der Waals surface area contributed by atoms with Crippen LogP contribution in [0.2, 0.25) is 0 Å². The Morgan fingerprint density at radius 1 is 1.56 bits per heavy atom. The van der Waals surface area contributed by atoms with Gasteiger partial charge in [0.05, 0.1) is 5.92 Å². The fourth-order valence-corrected chi connectivity index (χ4v) is 1.64. The zero-order valence-electron chi connectivity index (χ0n) is 4.73. The second kappa shape index (κ2) is 1.18. The minimum Gasteiger partial charge on any atom is -0.299 e. The summed E-state index contributed by atoms with van der Waals surface area (Å²) < 4.78 is 24.5. The van der Waals surface area contributed by atoms with Crippen LogP contribution in [0.15, 0.2) is 0 Å². The molecule has 3 heteroatoms. The molecule has 1 nitrogen and oxygen atoms in total. The summed E-state index contributed by atoms with van der Waals surface area (Å²) in [5, 5.41) is 0. The maximum absolute atomic E-state index is 12.3. The van der Waals surface area contributed by atoms with E-state index in [0.717, 1.165) is 0 Å². The molecule has 0 saturated heterocycles. The van der Waals surface area contributed by atoms with Crippen molar-refractivity contribution in [3.8, 4) is 0 Å². The molecule has 0 amide bonds. The van der Waals surface area contributed by atoms with E-state index in [0.29, 0.717) is 12.8 Å². The molecule has 2 fully saturated rings. The Morgan fingerprint density at radius 3 is 2.44 bits per heavy atom. The van der Waals surface area contributed by atoms with Crippen molar-refractivity contribution in [3.05, 3.63) is 0 Å². The van der Waals surface area contributed by atoms with Crippen LogP contribution in [0.1, 0.15) is 12.8 Å². The van der Waals surface area contributed by atoms with Crippen molar-refractivity contribution in [1.82, 2.24) is 0 Å². The van der Waals surface area contributed by atoms with E-state index in [1.807, 2.05) is 0 Å². The van der Waals surface area contributed by atoms with Crippen molar-refractivity contribution in [2.75, 3.05) is 0 Å². The third-order valence-electron chi connectivity index (χ3n) is 2.25. The highest BCUT2D eigenvalue weighted by Crippen LogP contribution is 2.62. The summed E-state index contributed by atoms with van der Waals surface area (Å²) in [4.78, 5) is 10.6. The Morgan fingerprint density at radius 2 is 2.22 bits per heavy atom. The average Bonchev–Trinajstić information content (AvgIpc) is 2.19. The van der Waals surface area contributed by atoms with Gasteiger partial charge in [0, 0.05) is 12.3 Å². The number of hydrogen-bond donors (Lipinski definition) is 0. The van der Waals surface area contributed by atoms with Crippen LogP contribution in [0.25, 0.3) is 0 Å². The maximum Gasteiger partial charge on any atom is 0.261 e. The summed E-state index contributed by atoms with van der Waals surface area (Å²) in [7, 11) is 0. The normalized spacial score (nSPS) is 44.9. The quantitative estimate of drug-likeness (QED) is 0.484. The summed E-state index contributed by atoms with van der Waals surface area (Å²) in [6.45, 7) is 0. The highest BCUT2D eigenvalue weighted by molar-refractivity contribution is 5.88. The van der Waals surface area contributed by atoms with Gasteiger partial charge in [-0.25, -0.2) is 8.78 Å². The third kappa shape index (κ3) is 0.454. The maximum atomic E-state index is 12.3. The number of rotatable bonds is 0. The molecule has 0 unspecified atom stereocenters. The van der Waals surface area contributed by atoms with E-state index < -0.39 is 17.8 Å². The number of ketones is 1. The van der Waals surface area contributed by atoms with Gasteiger partial charge < -0.3 is 0 Å². The Hall–Kier alpha value is -0.470. The van der Waals surface area contributed by atoms with E-state index in [4.69, 9.17) is 0 Å². The van der Waals surface area contributed by atoms with Crippen molar-refractivity contribution >= 4 is 5.78 Å². The van der Waals surface area contributed by atoms with Crippen LogP contribution in [0.4, 0.5) is 8.78 Å².